The average molecular weight is 407 g/mol. The van der Waals surface area contributed by atoms with Gasteiger partial charge < -0.3 is 14.8 Å². The number of benzene rings is 2. The second-order valence-electron chi connectivity index (χ2n) is 6.06. The number of hydrogen-bond acceptors (Lipinski definition) is 7. The topological polar surface area (TPSA) is 128 Å². The first-order valence-corrected chi connectivity index (χ1v) is 9.93. The predicted molar refractivity (Wildman–Crippen MR) is 101 cm³/mol. The Bertz CT molecular complexity index is 1050. The fourth-order valence-electron chi connectivity index (χ4n) is 2.72. The highest BCUT2D eigenvalue weighted by atomic mass is 32.2. The molecule has 0 aromatic heterocycles. The van der Waals surface area contributed by atoms with E-state index in [4.69, 9.17) is 9.47 Å². The number of rotatable bonds is 6. The summed E-state index contributed by atoms with van der Waals surface area (Å²) in [5.74, 6) is 0.210. The van der Waals surface area contributed by atoms with Gasteiger partial charge in [0.1, 0.15) is 6.54 Å². The summed E-state index contributed by atoms with van der Waals surface area (Å²) in [4.78, 5) is 22.9. The number of nitrogens with one attached hydrogen (secondary N) is 1. The minimum Gasteiger partial charge on any atom is -0.454 e. The zero-order valence-electron chi connectivity index (χ0n) is 15.0. The van der Waals surface area contributed by atoms with Crippen LogP contribution in [0.2, 0.25) is 0 Å². The van der Waals surface area contributed by atoms with Gasteiger partial charge in [0.2, 0.25) is 22.7 Å². The van der Waals surface area contributed by atoms with E-state index in [0.717, 1.165) is 10.6 Å². The summed E-state index contributed by atoms with van der Waals surface area (Å²) in [6.45, 7) is 1.02. The summed E-state index contributed by atoms with van der Waals surface area (Å²) < 4.78 is 35.8. The fraction of sp³-hybridized carbons (Fsp3) is 0.235. The molecule has 0 aliphatic carbocycles. The Morgan fingerprint density at radius 2 is 1.96 bits per heavy atom. The highest BCUT2D eigenvalue weighted by Gasteiger charge is 2.24. The molecule has 1 aliphatic rings. The molecule has 0 saturated heterocycles. The standard InChI is InChI=1S/C17H17N3O7S/c1-11-13(4-3-5-14(11)20(22)23)18-17(21)9-19(28(2,24)25)12-6-7-15-16(8-12)27-10-26-15/h3-8H,9-10H2,1-2H3,(H,18,21). The monoisotopic (exact) mass is 407 g/mol. The normalized spacial score (nSPS) is 12.5. The van der Waals surface area contributed by atoms with Crippen molar-refractivity contribution in [1.29, 1.82) is 0 Å². The van der Waals surface area contributed by atoms with E-state index < -0.39 is 27.4 Å². The van der Waals surface area contributed by atoms with Crippen molar-refractivity contribution in [3.8, 4) is 11.5 Å². The SMILES string of the molecule is Cc1c(NC(=O)CN(c2ccc3c(c2)OCO3)S(C)(=O)=O)cccc1[N+](=O)[O-]. The number of nitro benzene ring substituents is 1. The Morgan fingerprint density at radius 1 is 1.25 bits per heavy atom. The van der Waals surface area contributed by atoms with Gasteiger partial charge >= 0.3 is 0 Å². The molecule has 0 unspecified atom stereocenters. The van der Waals surface area contributed by atoms with E-state index in [1.807, 2.05) is 0 Å². The molecule has 3 rings (SSSR count). The van der Waals surface area contributed by atoms with Gasteiger partial charge in [-0.1, -0.05) is 6.07 Å². The molecule has 1 amide bonds. The Hall–Kier alpha value is -3.34. The molecule has 0 spiro atoms. The van der Waals surface area contributed by atoms with Gasteiger partial charge in [-0.05, 0) is 25.1 Å². The summed E-state index contributed by atoms with van der Waals surface area (Å²) >= 11 is 0. The molecule has 1 heterocycles. The van der Waals surface area contributed by atoms with E-state index >= 15 is 0 Å². The first-order chi connectivity index (χ1) is 13.2. The van der Waals surface area contributed by atoms with Gasteiger partial charge in [0.15, 0.2) is 11.5 Å². The van der Waals surface area contributed by atoms with Gasteiger partial charge in [0.25, 0.3) is 5.69 Å². The second kappa shape index (κ2) is 7.35. The van der Waals surface area contributed by atoms with Crippen LogP contribution in [-0.2, 0) is 14.8 Å². The Kier molecular flexibility index (Phi) is 5.10. The van der Waals surface area contributed by atoms with Gasteiger partial charge in [0, 0.05) is 12.1 Å². The maximum absolute atomic E-state index is 12.5. The first kappa shape index (κ1) is 19.4. The van der Waals surface area contributed by atoms with Crippen LogP contribution in [0.4, 0.5) is 17.1 Å². The lowest BCUT2D eigenvalue weighted by atomic mass is 10.1. The molecule has 28 heavy (non-hydrogen) atoms. The number of hydrogen-bond donors (Lipinski definition) is 1. The zero-order valence-corrected chi connectivity index (χ0v) is 15.9. The van der Waals surface area contributed by atoms with Crippen molar-refractivity contribution in [1.82, 2.24) is 0 Å². The van der Waals surface area contributed by atoms with Crippen LogP contribution in [0.3, 0.4) is 0 Å². The maximum Gasteiger partial charge on any atom is 0.274 e. The van der Waals surface area contributed by atoms with E-state index in [1.54, 1.807) is 6.07 Å². The van der Waals surface area contributed by atoms with Crippen molar-refractivity contribution in [3.05, 3.63) is 52.1 Å². The van der Waals surface area contributed by atoms with Crippen LogP contribution in [0.25, 0.3) is 0 Å². The third-order valence-electron chi connectivity index (χ3n) is 4.11. The van der Waals surface area contributed by atoms with Gasteiger partial charge in [-0.25, -0.2) is 8.42 Å². The Labute approximate surface area is 160 Å². The number of amides is 1. The number of carbonyl (C=O) groups is 1. The summed E-state index contributed by atoms with van der Waals surface area (Å²) in [6.07, 6.45) is 0.976. The van der Waals surface area contributed by atoms with Crippen LogP contribution in [0.1, 0.15) is 5.56 Å². The van der Waals surface area contributed by atoms with Crippen molar-refractivity contribution in [2.45, 2.75) is 6.92 Å². The molecule has 2 aromatic carbocycles. The van der Waals surface area contributed by atoms with Gasteiger partial charge in [-0.2, -0.15) is 0 Å². The summed E-state index contributed by atoms with van der Waals surface area (Å²) in [7, 11) is -3.79. The highest BCUT2D eigenvalue weighted by Crippen LogP contribution is 2.36. The molecule has 11 heteroatoms. The lowest BCUT2D eigenvalue weighted by Crippen LogP contribution is -2.37. The molecule has 0 radical (unpaired) electrons. The van der Waals surface area contributed by atoms with E-state index in [0.29, 0.717) is 11.5 Å². The maximum atomic E-state index is 12.5. The van der Waals surface area contributed by atoms with Crippen molar-refractivity contribution in [2.24, 2.45) is 0 Å². The molecule has 1 aliphatic heterocycles. The third kappa shape index (κ3) is 3.98. The summed E-state index contributed by atoms with van der Waals surface area (Å²) in [5, 5.41) is 13.6. The van der Waals surface area contributed by atoms with E-state index in [1.165, 1.54) is 37.3 Å². The molecule has 148 valence electrons. The number of sulfonamides is 1. The number of anilines is 2. The summed E-state index contributed by atoms with van der Waals surface area (Å²) in [6, 6.07) is 8.78. The first-order valence-electron chi connectivity index (χ1n) is 8.08. The number of carbonyl (C=O) groups excluding carboxylic acids is 1. The van der Waals surface area contributed by atoms with Gasteiger partial charge in [0.05, 0.1) is 28.1 Å². The third-order valence-corrected chi connectivity index (χ3v) is 5.25. The molecular formula is C17H17N3O7S. The minimum atomic E-state index is -3.79. The average Bonchev–Trinajstić information content (AvgIpc) is 3.08. The molecule has 0 saturated carbocycles. The lowest BCUT2D eigenvalue weighted by Gasteiger charge is -2.22. The van der Waals surface area contributed by atoms with Crippen molar-refractivity contribution >= 4 is 33.0 Å². The number of nitrogens with zero attached hydrogens (tertiary/aromatic N) is 2. The molecule has 0 fully saturated rings. The largest absolute Gasteiger partial charge is 0.454 e. The van der Waals surface area contributed by atoms with Gasteiger partial charge in [-0.3, -0.25) is 19.2 Å². The highest BCUT2D eigenvalue weighted by molar-refractivity contribution is 7.92. The second-order valence-corrected chi connectivity index (χ2v) is 7.97. The molecule has 0 bridgehead atoms. The van der Waals surface area contributed by atoms with Gasteiger partial charge in [-0.15, -0.1) is 0 Å². The molecule has 10 nitrogen and oxygen atoms in total. The van der Waals surface area contributed by atoms with Crippen LogP contribution in [-0.4, -0.2) is 38.8 Å². The van der Waals surface area contributed by atoms with Crippen LogP contribution in [0.5, 0.6) is 11.5 Å². The molecule has 2 aromatic rings. The zero-order chi connectivity index (χ0) is 20.5. The summed E-state index contributed by atoms with van der Waals surface area (Å²) in [5.41, 5.74) is 0.597. The van der Waals surface area contributed by atoms with Crippen molar-refractivity contribution in [2.75, 3.05) is 29.2 Å². The quantitative estimate of drug-likeness (QED) is 0.573. The van der Waals surface area contributed by atoms with Crippen LogP contribution in [0, 0.1) is 17.0 Å². The van der Waals surface area contributed by atoms with Crippen LogP contribution in [0.15, 0.2) is 36.4 Å². The number of ether oxygens (including phenoxy) is 2. The molecule has 0 atom stereocenters. The fourth-order valence-corrected chi connectivity index (χ4v) is 3.57. The van der Waals surface area contributed by atoms with E-state index in [2.05, 4.69) is 5.32 Å². The van der Waals surface area contributed by atoms with Crippen LogP contribution < -0.4 is 19.1 Å². The smallest absolute Gasteiger partial charge is 0.274 e. The van der Waals surface area contributed by atoms with Crippen molar-refractivity contribution < 1.29 is 27.6 Å². The molecular weight excluding hydrogens is 390 g/mol. The van der Waals surface area contributed by atoms with E-state index in [-0.39, 0.29) is 29.4 Å². The van der Waals surface area contributed by atoms with Crippen molar-refractivity contribution in [3.63, 3.8) is 0 Å². The Morgan fingerprint density at radius 3 is 2.64 bits per heavy atom. The Balaban J connectivity index is 1.84. The predicted octanol–water partition coefficient (Wildman–Crippen LogP) is 2.04. The number of nitro groups is 1. The van der Waals surface area contributed by atoms with Crippen LogP contribution >= 0.6 is 0 Å². The minimum absolute atomic E-state index is 0.0320. The molecule has 1 N–H and O–H groups in total. The number of fused-ring (bicyclic) bond motifs is 1. The van der Waals surface area contributed by atoms with E-state index in [9.17, 15) is 23.3 Å². The lowest BCUT2D eigenvalue weighted by molar-refractivity contribution is -0.385.